The first-order chi connectivity index (χ1) is 39.2. The minimum absolute atomic E-state index is 0.0117. The van der Waals surface area contributed by atoms with Crippen molar-refractivity contribution < 1.29 is 28.5 Å². The van der Waals surface area contributed by atoms with Gasteiger partial charge in [0.1, 0.15) is 33.3 Å². The van der Waals surface area contributed by atoms with E-state index in [0.717, 1.165) is 105 Å². The largest absolute Gasteiger partial charge is 0.497 e. The third kappa shape index (κ3) is 11.4. The fraction of sp³-hybridized carbons (Fsp3) is 0.138. The van der Waals surface area contributed by atoms with Crippen LogP contribution in [0.5, 0.6) is 17.2 Å². The molecule has 0 atom stereocenters. The Hall–Kier alpha value is -9.82. The molecule has 81 heavy (non-hydrogen) atoms. The van der Waals surface area contributed by atoms with Crippen LogP contribution in [-0.2, 0) is 10.2 Å². The van der Waals surface area contributed by atoms with Crippen LogP contribution in [-0.4, -0.2) is 69.0 Å². The quantitative estimate of drug-likeness (QED) is 0.123. The van der Waals surface area contributed by atoms with Crippen LogP contribution in [0.15, 0.2) is 181 Å². The van der Waals surface area contributed by atoms with Crippen molar-refractivity contribution in [1.82, 2.24) is 28.7 Å². The molecule has 2 N–H and O–H groups in total. The van der Waals surface area contributed by atoms with Crippen molar-refractivity contribution in [2.75, 3.05) is 28.4 Å². The second-order valence-electron chi connectivity index (χ2n) is 19.8. The molecule has 12 aromatic rings. The molecule has 0 saturated heterocycles. The van der Waals surface area contributed by atoms with E-state index in [-0.39, 0.29) is 11.4 Å². The van der Waals surface area contributed by atoms with Crippen molar-refractivity contribution >= 4 is 67.3 Å². The van der Waals surface area contributed by atoms with Crippen LogP contribution in [0.4, 0.5) is 0 Å². The third-order valence-corrected chi connectivity index (χ3v) is 15.4. The molecule has 0 fully saturated rings. The molecule has 0 spiro atoms. The lowest BCUT2D eigenvalue weighted by Gasteiger charge is -2.14. The Balaban J connectivity index is 0.000000140. The first kappa shape index (κ1) is 54.5. The van der Waals surface area contributed by atoms with Crippen LogP contribution in [0.25, 0.3) is 82.2 Å². The van der Waals surface area contributed by atoms with Crippen LogP contribution in [0, 0.1) is 18.3 Å². The number of primary amides is 1. The Morgan fingerprint density at radius 1 is 0.568 bits per heavy atom. The number of benzene rings is 6. The first-order valence-corrected chi connectivity index (χ1v) is 27.4. The maximum atomic E-state index is 12.2. The minimum Gasteiger partial charge on any atom is -0.497 e. The Morgan fingerprint density at radius 3 is 1.52 bits per heavy atom. The molecule has 1 amide bonds. The molecule has 6 aromatic heterocycles. The van der Waals surface area contributed by atoms with Gasteiger partial charge in [-0.3, -0.25) is 9.78 Å². The number of nitrogens with two attached hydrogens (primary N) is 1. The molecular weight excluding hydrogens is 1050 g/mol. The summed E-state index contributed by atoms with van der Waals surface area (Å²) < 4.78 is 26.8. The number of carbonyl (C=O) groups is 2. The number of amides is 1. The number of nitriles is 1. The van der Waals surface area contributed by atoms with Gasteiger partial charge in [-0.15, -0.1) is 22.7 Å². The SMILES string of the molecule is COC(=O)c1ccc2c(-c3nc(-c4ccncc4)cs3)cn(-c3ccc(OC)cc3)c2c1.COc1ccc(-n2cc(-c3nc(C(C)(C)C)cs3)c3ccc(C(N)=O)cc32)cc1.COc1ccc(-n2cc(C#N)c3ccc(C)cc32)cc1. The second-order valence-corrected chi connectivity index (χ2v) is 21.6. The number of pyridine rings is 1. The summed E-state index contributed by atoms with van der Waals surface area (Å²) in [6.45, 7) is 8.53. The normalized spacial score (nSPS) is 11.1. The predicted octanol–water partition coefficient (Wildman–Crippen LogP) is 14.6. The van der Waals surface area contributed by atoms with Crippen molar-refractivity contribution in [3.05, 3.63) is 209 Å². The lowest BCUT2D eigenvalue weighted by atomic mass is 9.93. The van der Waals surface area contributed by atoms with Gasteiger partial charge in [-0.2, -0.15) is 5.26 Å². The van der Waals surface area contributed by atoms with E-state index in [1.165, 1.54) is 12.7 Å². The molecule has 0 radical (unpaired) electrons. The number of fused-ring (bicyclic) bond motifs is 3. The van der Waals surface area contributed by atoms with Gasteiger partial charge in [0.2, 0.25) is 5.91 Å². The van der Waals surface area contributed by atoms with Crippen LogP contribution in [0.3, 0.4) is 0 Å². The van der Waals surface area contributed by atoms with Gasteiger partial charge in [0.15, 0.2) is 0 Å². The van der Waals surface area contributed by atoms with E-state index in [1.54, 1.807) is 68.5 Å². The van der Waals surface area contributed by atoms with Gasteiger partial charge < -0.3 is 38.4 Å². The number of hydrogen-bond acceptors (Lipinski definition) is 12. The summed E-state index contributed by atoms with van der Waals surface area (Å²) in [6.07, 6.45) is 9.54. The zero-order valence-electron chi connectivity index (χ0n) is 45.8. The summed E-state index contributed by atoms with van der Waals surface area (Å²) in [5.74, 6) is 1.58. The van der Waals surface area contributed by atoms with Crippen molar-refractivity contribution in [3.63, 3.8) is 0 Å². The smallest absolute Gasteiger partial charge is 0.337 e. The summed E-state index contributed by atoms with van der Waals surface area (Å²) in [7, 11) is 6.32. The van der Waals surface area contributed by atoms with Gasteiger partial charge in [-0.05, 0) is 128 Å². The zero-order valence-corrected chi connectivity index (χ0v) is 47.4. The molecule has 404 valence electrons. The van der Waals surface area contributed by atoms with Crippen molar-refractivity contribution in [2.24, 2.45) is 5.73 Å². The van der Waals surface area contributed by atoms with E-state index in [9.17, 15) is 14.9 Å². The van der Waals surface area contributed by atoms with Crippen molar-refractivity contribution in [3.8, 4) is 72.8 Å². The van der Waals surface area contributed by atoms with Gasteiger partial charge >= 0.3 is 5.97 Å². The average Bonchev–Trinajstić information content (AvgIpc) is 4.28. The highest BCUT2D eigenvalue weighted by Gasteiger charge is 2.22. The van der Waals surface area contributed by atoms with Crippen LogP contribution in [0.2, 0.25) is 0 Å². The van der Waals surface area contributed by atoms with E-state index in [1.807, 2.05) is 137 Å². The van der Waals surface area contributed by atoms with Gasteiger partial charge in [0, 0.05) is 103 Å². The van der Waals surface area contributed by atoms with Crippen LogP contribution < -0.4 is 19.9 Å². The topological polar surface area (TPSA) is 174 Å². The first-order valence-electron chi connectivity index (χ1n) is 25.6. The summed E-state index contributed by atoms with van der Waals surface area (Å²) in [5.41, 5.74) is 19.2. The molecule has 12 rings (SSSR count). The van der Waals surface area contributed by atoms with Gasteiger partial charge in [-0.25, -0.2) is 14.8 Å². The lowest BCUT2D eigenvalue weighted by Crippen LogP contribution is -2.11. The lowest BCUT2D eigenvalue weighted by molar-refractivity contribution is 0.0600. The maximum Gasteiger partial charge on any atom is 0.337 e. The van der Waals surface area contributed by atoms with Crippen LogP contribution in [0.1, 0.15) is 58.3 Å². The molecule has 14 nitrogen and oxygen atoms in total. The fourth-order valence-electron chi connectivity index (χ4n) is 9.28. The second kappa shape index (κ2) is 23.3. The molecule has 0 aliphatic rings. The molecule has 0 aliphatic heterocycles. The Labute approximate surface area is 476 Å². The summed E-state index contributed by atoms with van der Waals surface area (Å²) >= 11 is 3.22. The molecule has 0 bridgehead atoms. The number of ether oxygens (including phenoxy) is 4. The van der Waals surface area contributed by atoms with Crippen molar-refractivity contribution in [2.45, 2.75) is 33.1 Å². The summed E-state index contributed by atoms with van der Waals surface area (Å²) in [6, 6.07) is 46.8. The van der Waals surface area contributed by atoms with E-state index < -0.39 is 5.91 Å². The number of aryl methyl sites for hydroxylation is 1. The zero-order chi connectivity index (χ0) is 57.0. The Bertz CT molecular complexity index is 4270. The van der Waals surface area contributed by atoms with Crippen LogP contribution >= 0.6 is 22.7 Å². The van der Waals surface area contributed by atoms with Gasteiger partial charge in [0.25, 0.3) is 0 Å². The van der Waals surface area contributed by atoms with Crippen molar-refractivity contribution in [1.29, 1.82) is 5.26 Å². The molecule has 6 aromatic carbocycles. The summed E-state index contributed by atoms with van der Waals surface area (Å²) in [5, 5.41) is 18.3. The highest BCUT2D eigenvalue weighted by atomic mass is 32.1. The highest BCUT2D eigenvalue weighted by molar-refractivity contribution is 7.13. The predicted molar refractivity (Wildman–Crippen MR) is 323 cm³/mol. The number of rotatable bonds is 11. The number of nitrogens with zero attached hydrogens (tertiary/aromatic N) is 7. The highest BCUT2D eigenvalue weighted by Crippen LogP contribution is 2.39. The number of carbonyl (C=O) groups excluding carboxylic acids is 2. The molecular formula is C65H56N8O6S2. The molecule has 0 saturated carbocycles. The summed E-state index contributed by atoms with van der Waals surface area (Å²) in [4.78, 5) is 37.8. The standard InChI is InChI=1S/C25H19N3O3S.C23H23N3O2S.C17H14N2O/c1-30-19-6-4-18(5-7-19)28-14-21(20-8-3-17(13-23(20)28)25(29)31-2)24-27-22(15-32-24)16-9-11-26-12-10-16;1-23(2,3)20-13-29-22(25-20)18-12-26(15-6-8-16(28-4)9-7-15)19-11-14(21(24)27)5-10-17(18)19;1-12-3-8-16-13(10-18)11-19(17(16)9-12)14-4-6-15(20-2)7-5-14/h3-15H,1-2H3;5-13H,1-4H3,(H2,24,27);3-9,11H,1-2H3. The van der Waals surface area contributed by atoms with Gasteiger partial charge in [0.05, 0.1) is 67.5 Å². The Kier molecular flexibility index (Phi) is 15.7. The minimum atomic E-state index is -0.444. The number of methoxy groups -OCH3 is 4. The number of thiazole rings is 2. The molecule has 0 aliphatic carbocycles. The van der Waals surface area contributed by atoms with E-state index >= 15 is 0 Å². The van der Waals surface area contributed by atoms with E-state index in [4.69, 9.17) is 34.6 Å². The fourth-order valence-corrected chi connectivity index (χ4v) is 11.2. The Morgan fingerprint density at radius 2 is 1.04 bits per heavy atom. The molecule has 0 unspecified atom stereocenters. The number of aromatic nitrogens is 6. The monoisotopic (exact) mass is 1110 g/mol. The number of esters is 1. The van der Waals surface area contributed by atoms with Gasteiger partial charge in [-0.1, -0.05) is 45.0 Å². The van der Waals surface area contributed by atoms with E-state index in [2.05, 4.69) is 71.7 Å². The third-order valence-electron chi connectivity index (χ3n) is 13.7. The molecule has 16 heteroatoms. The average molecular weight is 1110 g/mol. The molecule has 6 heterocycles. The number of hydrogen-bond donors (Lipinski definition) is 1. The van der Waals surface area contributed by atoms with E-state index in [0.29, 0.717) is 16.7 Å². The maximum absolute atomic E-state index is 12.2.